The Bertz CT molecular complexity index is 590. The lowest BCUT2D eigenvalue weighted by Gasteiger charge is -2.43. The number of benzene rings is 1. The van der Waals surface area contributed by atoms with Gasteiger partial charge in [-0.3, -0.25) is 14.4 Å². The number of carbonyl (C=O) groups excluding carboxylic acids is 3. The Labute approximate surface area is 146 Å². The number of hydrogen-bond donors (Lipinski definition) is 1. The van der Waals surface area contributed by atoms with Crippen LogP contribution >= 0.6 is 0 Å². The van der Waals surface area contributed by atoms with Gasteiger partial charge in [0, 0.05) is 0 Å². The highest BCUT2D eigenvalue weighted by Gasteiger charge is 2.50. The van der Waals surface area contributed by atoms with E-state index in [1.54, 1.807) is 13.8 Å². The number of esters is 1. The average Bonchev–Trinajstić information content (AvgIpc) is 2.62. The summed E-state index contributed by atoms with van der Waals surface area (Å²) in [5, 5.41) is 2.72. The molecule has 1 aromatic carbocycles. The number of carbonyl (C=O) groups is 3. The highest BCUT2D eigenvalue weighted by molar-refractivity contribution is 5.89. The molecule has 7 heteroatoms. The molecular formula is C18H23NO6. The van der Waals surface area contributed by atoms with Crippen LogP contribution in [-0.2, 0) is 35.2 Å². The summed E-state index contributed by atoms with van der Waals surface area (Å²) in [4.78, 5) is 34.5. The molecule has 1 heterocycles. The van der Waals surface area contributed by atoms with Crippen molar-refractivity contribution in [3.05, 3.63) is 35.9 Å². The van der Waals surface area contributed by atoms with E-state index >= 15 is 0 Å². The van der Waals surface area contributed by atoms with E-state index in [0.717, 1.165) is 5.56 Å². The molecule has 1 N–H and O–H groups in total. The second-order valence-electron chi connectivity index (χ2n) is 5.87. The van der Waals surface area contributed by atoms with Crippen LogP contribution in [0.15, 0.2) is 30.3 Å². The van der Waals surface area contributed by atoms with Crippen LogP contribution in [0.1, 0.15) is 19.4 Å². The molecule has 0 bridgehead atoms. The fourth-order valence-electron chi connectivity index (χ4n) is 2.84. The van der Waals surface area contributed by atoms with Gasteiger partial charge in [0.1, 0.15) is 12.7 Å². The largest absolute Gasteiger partial charge is 0.466 e. The Morgan fingerprint density at radius 3 is 2.64 bits per heavy atom. The number of rotatable bonds is 10. The van der Waals surface area contributed by atoms with Gasteiger partial charge in [0.15, 0.2) is 0 Å². The van der Waals surface area contributed by atoms with Crippen LogP contribution in [0.5, 0.6) is 0 Å². The van der Waals surface area contributed by atoms with Gasteiger partial charge in [-0.2, -0.15) is 0 Å². The quantitative estimate of drug-likeness (QED) is 0.386. The number of β-lactam (4-membered cyclic amide) rings is 1. The van der Waals surface area contributed by atoms with E-state index in [2.05, 4.69) is 5.32 Å². The van der Waals surface area contributed by atoms with Gasteiger partial charge in [-0.05, 0) is 19.4 Å². The summed E-state index contributed by atoms with van der Waals surface area (Å²) in [6.45, 7) is 4.24. The number of nitrogens with one attached hydrogen (secondary N) is 1. The van der Waals surface area contributed by atoms with E-state index in [4.69, 9.17) is 14.2 Å². The monoisotopic (exact) mass is 349 g/mol. The van der Waals surface area contributed by atoms with E-state index in [0.29, 0.717) is 6.47 Å². The molecule has 1 unspecified atom stereocenters. The molecule has 2 rings (SSSR count). The van der Waals surface area contributed by atoms with Crippen LogP contribution in [-0.4, -0.2) is 43.7 Å². The Morgan fingerprint density at radius 2 is 2.04 bits per heavy atom. The van der Waals surface area contributed by atoms with Gasteiger partial charge in [0.2, 0.25) is 5.91 Å². The second-order valence-corrected chi connectivity index (χ2v) is 5.87. The lowest BCUT2D eigenvalue weighted by atomic mass is 9.78. The van der Waals surface area contributed by atoms with Crippen molar-refractivity contribution >= 4 is 18.3 Å². The standard InChI is InChI=1S/C18H23NO6/c1-3-24-18(22)12(2)16-15(17(21)19-16)14(10-23-11-20)25-9-13-7-5-4-6-8-13/h4-8,11-12,14-16H,3,9-10H2,1-2H3,(H,19,21)/t12?,14-,15+,16+/m0/s1. The van der Waals surface area contributed by atoms with E-state index < -0.39 is 24.0 Å². The summed E-state index contributed by atoms with van der Waals surface area (Å²) in [5.41, 5.74) is 0.938. The van der Waals surface area contributed by atoms with Crippen LogP contribution in [0, 0.1) is 11.8 Å². The Balaban J connectivity index is 2.04. The molecule has 25 heavy (non-hydrogen) atoms. The molecule has 7 nitrogen and oxygen atoms in total. The summed E-state index contributed by atoms with van der Waals surface area (Å²) < 4.78 is 15.7. The van der Waals surface area contributed by atoms with E-state index in [1.165, 1.54) is 0 Å². The minimum absolute atomic E-state index is 0.0551. The van der Waals surface area contributed by atoms with Crippen molar-refractivity contribution in [1.29, 1.82) is 0 Å². The van der Waals surface area contributed by atoms with E-state index in [-0.39, 0.29) is 31.7 Å². The van der Waals surface area contributed by atoms with Gasteiger partial charge < -0.3 is 19.5 Å². The normalized spacial score (nSPS) is 21.4. The molecular weight excluding hydrogens is 326 g/mol. The van der Waals surface area contributed by atoms with Crippen LogP contribution in [0.25, 0.3) is 0 Å². The first-order valence-electron chi connectivity index (χ1n) is 8.26. The molecule has 0 aromatic heterocycles. The maximum absolute atomic E-state index is 12.1. The molecule has 0 saturated carbocycles. The molecule has 4 atom stereocenters. The van der Waals surface area contributed by atoms with Gasteiger partial charge in [0.05, 0.1) is 31.1 Å². The fourth-order valence-corrected chi connectivity index (χ4v) is 2.84. The third-order valence-electron chi connectivity index (χ3n) is 4.23. The molecule has 0 radical (unpaired) electrons. The van der Waals surface area contributed by atoms with E-state index in [1.807, 2.05) is 30.3 Å². The minimum atomic E-state index is -0.638. The Kier molecular flexibility index (Phi) is 6.94. The van der Waals surface area contributed by atoms with Crippen LogP contribution in [0.3, 0.4) is 0 Å². The zero-order valence-electron chi connectivity index (χ0n) is 14.3. The predicted octanol–water partition coefficient (Wildman–Crippen LogP) is 1.06. The van der Waals surface area contributed by atoms with Crippen LogP contribution in [0.4, 0.5) is 0 Å². The number of hydrogen-bond acceptors (Lipinski definition) is 6. The minimum Gasteiger partial charge on any atom is -0.466 e. The summed E-state index contributed by atoms with van der Waals surface area (Å²) in [6.07, 6.45) is -0.638. The maximum Gasteiger partial charge on any atom is 0.310 e. The lowest BCUT2D eigenvalue weighted by molar-refractivity contribution is -0.162. The highest BCUT2D eigenvalue weighted by atomic mass is 16.6. The summed E-state index contributed by atoms with van der Waals surface area (Å²) in [5.74, 6) is -1.70. The highest BCUT2D eigenvalue weighted by Crippen LogP contribution is 2.29. The predicted molar refractivity (Wildman–Crippen MR) is 88.3 cm³/mol. The topological polar surface area (TPSA) is 90.9 Å². The molecule has 1 aromatic rings. The van der Waals surface area contributed by atoms with Crippen molar-refractivity contribution < 1.29 is 28.6 Å². The smallest absolute Gasteiger partial charge is 0.310 e. The Morgan fingerprint density at radius 1 is 1.32 bits per heavy atom. The van der Waals surface area contributed by atoms with Gasteiger partial charge in [-0.25, -0.2) is 0 Å². The van der Waals surface area contributed by atoms with Gasteiger partial charge in [-0.1, -0.05) is 30.3 Å². The first-order valence-corrected chi connectivity index (χ1v) is 8.26. The van der Waals surface area contributed by atoms with Crippen molar-refractivity contribution in [2.45, 2.75) is 32.6 Å². The molecule has 136 valence electrons. The zero-order valence-corrected chi connectivity index (χ0v) is 14.3. The molecule has 1 amide bonds. The van der Waals surface area contributed by atoms with Crippen molar-refractivity contribution in [3.63, 3.8) is 0 Å². The van der Waals surface area contributed by atoms with Crippen molar-refractivity contribution in [1.82, 2.24) is 5.32 Å². The summed E-state index contributed by atoms with van der Waals surface area (Å²) in [7, 11) is 0. The van der Waals surface area contributed by atoms with Crippen LogP contribution < -0.4 is 5.32 Å². The maximum atomic E-state index is 12.1. The first kappa shape index (κ1) is 18.9. The molecule has 0 spiro atoms. The molecule has 0 aliphatic carbocycles. The van der Waals surface area contributed by atoms with E-state index in [9.17, 15) is 14.4 Å². The molecule has 1 aliphatic rings. The van der Waals surface area contributed by atoms with Gasteiger partial charge >= 0.3 is 5.97 Å². The summed E-state index contributed by atoms with van der Waals surface area (Å²) in [6, 6.07) is 9.05. The Hall–Kier alpha value is -2.41. The number of amides is 1. The molecule has 1 aliphatic heterocycles. The van der Waals surface area contributed by atoms with Crippen molar-refractivity contribution in [2.75, 3.05) is 13.2 Å². The fraction of sp³-hybridized carbons (Fsp3) is 0.500. The SMILES string of the molecule is CCOC(=O)C(C)[C@H]1NC(=O)[C@@H]1[C@H](COC=O)OCc1ccccc1. The second kappa shape index (κ2) is 9.17. The van der Waals surface area contributed by atoms with Gasteiger partial charge in [0.25, 0.3) is 6.47 Å². The third kappa shape index (κ3) is 4.79. The van der Waals surface area contributed by atoms with Gasteiger partial charge in [-0.15, -0.1) is 0 Å². The van der Waals surface area contributed by atoms with Crippen molar-refractivity contribution in [2.24, 2.45) is 11.8 Å². The number of ether oxygens (including phenoxy) is 3. The zero-order chi connectivity index (χ0) is 18.2. The third-order valence-corrected chi connectivity index (χ3v) is 4.23. The first-order chi connectivity index (χ1) is 12.1. The average molecular weight is 349 g/mol. The lowest BCUT2D eigenvalue weighted by Crippen LogP contribution is -2.66. The summed E-state index contributed by atoms with van der Waals surface area (Å²) >= 11 is 0. The molecule has 1 saturated heterocycles. The molecule has 1 fully saturated rings. The van der Waals surface area contributed by atoms with Crippen LogP contribution in [0.2, 0.25) is 0 Å². The van der Waals surface area contributed by atoms with Crippen molar-refractivity contribution in [3.8, 4) is 0 Å².